The molecule has 19 heavy (non-hydrogen) atoms. The molecule has 0 unspecified atom stereocenters. The number of carbonyl (C=O) groups is 1. The van der Waals surface area contributed by atoms with Gasteiger partial charge in [0.25, 0.3) is 0 Å². The normalized spacial score (nSPS) is 11.3. The Labute approximate surface area is 110 Å². The Hall–Kier alpha value is -2.57. The topological polar surface area (TPSA) is 90.7 Å². The second kappa shape index (κ2) is 6.39. The van der Waals surface area contributed by atoms with Crippen LogP contribution in [0.4, 0.5) is 5.69 Å². The SMILES string of the molecule is COC(=O)/C(=C(\C)Nc1ccc(OC)cc1)[N+](=O)[O-]. The lowest BCUT2D eigenvalue weighted by molar-refractivity contribution is -0.422. The van der Waals surface area contributed by atoms with Gasteiger partial charge in [0.05, 0.1) is 24.8 Å². The van der Waals surface area contributed by atoms with Gasteiger partial charge in [-0.1, -0.05) is 0 Å². The molecule has 0 atom stereocenters. The van der Waals surface area contributed by atoms with Crippen LogP contribution >= 0.6 is 0 Å². The van der Waals surface area contributed by atoms with Crippen LogP contribution in [0.5, 0.6) is 5.75 Å². The number of carbonyl (C=O) groups excluding carboxylic acids is 1. The van der Waals surface area contributed by atoms with Crippen molar-refractivity contribution in [3.05, 3.63) is 45.8 Å². The summed E-state index contributed by atoms with van der Waals surface area (Å²) in [5, 5.41) is 13.6. The zero-order valence-corrected chi connectivity index (χ0v) is 10.8. The number of anilines is 1. The molecule has 7 nitrogen and oxygen atoms in total. The lowest BCUT2D eigenvalue weighted by atomic mass is 10.2. The molecule has 0 aliphatic heterocycles. The first-order valence-electron chi connectivity index (χ1n) is 5.34. The van der Waals surface area contributed by atoms with E-state index in [9.17, 15) is 14.9 Å². The van der Waals surface area contributed by atoms with E-state index in [2.05, 4.69) is 10.1 Å². The first-order valence-corrected chi connectivity index (χ1v) is 5.34. The van der Waals surface area contributed by atoms with Crippen molar-refractivity contribution in [3.63, 3.8) is 0 Å². The highest BCUT2D eigenvalue weighted by Gasteiger charge is 2.26. The fraction of sp³-hybridized carbons (Fsp3) is 0.250. The molecule has 0 aliphatic carbocycles. The van der Waals surface area contributed by atoms with E-state index in [1.165, 1.54) is 14.0 Å². The standard InChI is InChI=1S/C12H14N2O5/c1-8(11(14(16)17)12(15)19-3)13-9-4-6-10(18-2)7-5-9/h4-7,13H,1-3H3/b11-8-. The molecule has 0 fully saturated rings. The van der Waals surface area contributed by atoms with Crippen molar-refractivity contribution in [2.45, 2.75) is 6.92 Å². The molecule has 0 saturated carbocycles. The lowest BCUT2D eigenvalue weighted by Gasteiger charge is -2.07. The number of hydrogen-bond acceptors (Lipinski definition) is 6. The highest BCUT2D eigenvalue weighted by molar-refractivity contribution is 5.87. The summed E-state index contributed by atoms with van der Waals surface area (Å²) in [5.74, 6) is -0.335. The molecule has 0 amide bonds. The lowest BCUT2D eigenvalue weighted by Crippen LogP contribution is -2.17. The first kappa shape index (κ1) is 14.5. The maximum Gasteiger partial charge on any atom is 0.411 e. The van der Waals surface area contributed by atoms with Crippen molar-refractivity contribution in [1.29, 1.82) is 0 Å². The third kappa shape index (κ3) is 3.70. The van der Waals surface area contributed by atoms with Gasteiger partial charge in [-0.2, -0.15) is 0 Å². The number of esters is 1. The van der Waals surface area contributed by atoms with Crippen LogP contribution in [0, 0.1) is 10.1 Å². The van der Waals surface area contributed by atoms with Crippen LogP contribution < -0.4 is 10.1 Å². The molecule has 1 aromatic carbocycles. The molecule has 102 valence electrons. The van der Waals surface area contributed by atoms with E-state index in [4.69, 9.17) is 4.74 Å². The third-order valence-electron chi connectivity index (χ3n) is 2.34. The third-order valence-corrected chi connectivity index (χ3v) is 2.34. The number of nitrogens with zero attached hydrogens (tertiary/aromatic N) is 1. The van der Waals surface area contributed by atoms with Crippen LogP contribution in [-0.4, -0.2) is 25.1 Å². The number of hydrogen-bond donors (Lipinski definition) is 1. The summed E-state index contributed by atoms with van der Waals surface area (Å²) in [6.45, 7) is 1.43. The van der Waals surface area contributed by atoms with Gasteiger partial charge in [-0.3, -0.25) is 10.1 Å². The predicted molar refractivity (Wildman–Crippen MR) is 68.3 cm³/mol. The van der Waals surface area contributed by atoms with Crippen molar-refractivity contribution in [2.24, 2.45) is 0 Å². The van der Waals surface area contributed by atoms with Crippen LogP contribution in [-0.2, 0) is 9.53 Å². The fourth-order valence-electron chi connectivity index (χ4n) is 1.41. The Bertz CT molecular complexity index is 507. The quantitative estimate of drug-likeness (QED) is 0.378. The number of methoxy groups -OCH3 is 2. The minimum atomic E-state index is -0.997. The van der Waals surface area contributed by atoms with E-state index >= 15 is 0 Å². The second-order valence-electron chi connectivity index (χ2n) is 3.58. The van der Waals surface area contributed by atoms with E-state index in [1.54, 1.807) is 24.3 Å². The second-order valence-corrected chi connectivity index (χ2v) is 3.58. The zero-order valence-electron chi connectivity index (χ0n) is 10.8. The van der Waals surface area contributed by atoms with Crippen molar-refractivity contribution >= 4 is 11.7 Å². The molecule has 0 spiro atoms. The van der Waals surface area contributed by atoms with E-state index in [-0.39, 0.29) is 5.70 Å². The van der Waals surface area contributed by atoms with Crippen molar-refractivity contribution in [1.82, 2.24) is 0 Å². The molecule has 0 heterocycles. The minimum absolute atomic E-state index is 0.0991. The molecular weight excluding hydrogens is 252 g/mol. The summed E-state index contributed by atoms with van der Waals surface area (Å²) in [6.07, 6.45) is 0. The van der Waals surface area contributed by atoms with Crippen molar-refractivity contribution in [2.75, 3.05) is 19.5 Å². The molecule has 0 saturated heterocycles. The number of allylic oxidation sites excluding steroid dienone is 1. The van der Waals surface area contributed by atoms with Gasteiger partial charge < -0.3 is 14.8 Å². The Kier molecular flexibility index (Phi) is 4.87. The fourth-order valence-corrected chi connectivity index (χ4v) is 1.41. The van der Waals surface area contributed by atoms with Gasteiger partial charge in [0.2, 0.25) is 0 Å². The molecule has 0 aliphatic rings. The summed E-state index contributed by atoms with van der Waals surface area (Å²) in [6, 6.07) is 6.74. The Morgan fingerprint density at radius 1 is 1.26 bits per heavy atom. The van der Waals surface area contributed by atoms with Gasteiger partial charge in [-0.25, -0.2) is 4.79 Å². The summed E-state index contributed by atoms with van der Waals surface area (Å²) in [7, 11) is 2.63. The van der Waals surface area contributed by atoms with Gasteiger partial charge in [0.15, 0.2) is 0 Å². The van der Waals surface area contributed by atoms with E-state index < -0.39 is 16.6 Å². The Morgan fingerprint density at radius 3 is 2.26 bits per heavy atom. The minimum Gasteiger partial charge on any atom is -0.497 e. The largest absolute Gasteiger partial charge is 0.497 e. The van der Waals surface area contributed by atoms with Crippen LogP contribution in [0.25, 0.3) is 0 Å². The van der Waals surface area contributed by atoms with Crippen molar-refractivity contribution in [3.8, 4) is 5.75 Å². The number of benzene rings is 1. The average molecular weight is 266 g/mol. The van der Waals surface area contributed by atoms with E-state index in [1.807, 2.05) is 0 Å². The van der Waals surface area contributed by atoms with Gasteiger partial charge >= 0.3 is 11.7 Å². The molecule has 1 rings (SSSR count). The smallest absolute Gasteiger partial charge is 0.411 e. The van der Waals surface area contributed by atoms with Crippen LogP contribution in [0.2, 0.25) is 0 Å². The highest BCUT2D eigenvalue weighted by atomic mass is 16.6. The number of rotatable bonds is 5. The van der Waals surface area contributed by atoms with Gasteiger partial charge in [0.1, 0.15) is 5.75 Å². The molecule has 0 aromatic heterocycles. The van der Waals surface area contributed by atoms with Crippen LogP contribution in [0.3, 0.4) is 0 Å². The number of ether oxygens (including phenoxy) is 2. The number of nitro groups is 1. The van der Waals surface area contributed by atoms with Crippen LogP contribution in [0.1, 0.15) is 6.92 Å². The Balaban J connectivity index is 2.99. The van der Waals surface area contributed by atoms with Crippen LogP contribution in [0.15, 0.2) is 35.7 Å². The summed E-state index contributed by atoms with van der Waals surface area (Å²) in [4.78, 5) is 21.3. The zero-order chi connectivity index (χ0) is 14.4. The summed E-state index contributed by atoms with van der Waals surface area (Å²) >= 11 is 0. The molecule has 7 heteroatoms. The highest BCUT2D eigenvalue weighted by Crippen LogP contribution is 2.18. The molecular formula is C12H14N2O5. The molecule has 1 aromatic rings. The summed E-state index contributed by atoms with van der Waals surface area (Å²) in [5.41, 5.74) is 0.0712. The van der Waals surface area contributed by atoms with Crippen molar-refractivity contribution < 1.29 is 19.2 Å². The maximum atomic E-state index is 11.3. The Morgan fingerprint density at radius 2 is 1.84 bits per heavy atom. The monoisotopic (exact) mass is 266 g/mol. The predicted octanol–water partition coefficient (Wildman–Crippen LogP) is 1.79. The molecule has 1 N–H and O–H groups in total. The average Bonchev–Trinajstić information content (AvgIpc) is 2.39. The van der Waals surface area contributed by atoms with Gasteiger partial charge in [-0.15, -0.1) is 0 Å². The van der Waals surface area contributed by atoms with E-state index in [0.29, 0.717) is 11.4 Å². The van der Waals surface area contributed by atoms with Gasteiger partial charge in [0, 0.05) is 5.69 Å². The summed E-state index contributed by atoms with van der Waals surface area (Å²) < 4.78 is 9.36. The maximum absolute atomic E-state index is 11.3. The number of nitrogens with one attached hydrogen (secondary N) is 1. The first-order chi connectivity index (χ1) is 8.99. The van der Waals surface area contributed by atoms with Gasteiger partial charge in [-0.05, 0) is 31.2 Å². The molecule has 0 radical (unpaired) electrons. The molecule has 0 bridgehead atoms. The van der Waals surface area contributed by atoms with E-state index in [0.717, 1.165) is 7.11 Å².